The first-order valence-electron chi connectivity index (χ1n) is 9.03. The predicted molar refractivity (Wildman–Crippen MR) is 107 cm³/mol. The number of hydrogen-bond acceptors (Lipinski definition) is 2. The van der Waals surface area contributed by atoms with E-state index in [2.05, 4.69) is 18.2 Å². The predicted octanol–water partition coefficient (Wildman–Crippen LogP) is 5.12. The van der Waals surface area contributed by atoms with E-state index in [-0.39, 0.29) is 5.91 Å². The van der Waals surface area contributed by atoms with Gasteiger partial charge in [-0.15, -0.1) is 0 Å². The molecule has 0 spiro atoms. The quantitative estimate of drug-likeness (QED) is 0.631. The Morgan fingerprint density at radius 3 is 2.59 bits per heavy atom. The first-order chi connectivity index (χ1) is 13.2. The van der Waals surface area contributed by atoms with Gasteiger partial charge in [-0.1, -0.05) is 60.1 Å². The molecule has 3 nitrogen and oxygen atoms in total. The standard InChI is InChI=1S/C23H20ClNO2/c24-22-11-4-3-8-20(22)16-27-21-10-5-9-18(14-21)23(26)25-13-12-17-6-1-2-7-19(17)15-25/h1-11,14H,12-13,15-16H2. The second-order valence-electron chi connectivity index (χ2n) is 6.65. The van der Waals surface area contributed by atoms with E-state index >= 15 is 0 Å². The van der Waals surface area contributed by atoms with Crippen molar-refractivity contribution in [2.24, 2.45) is 0 Å². The fourth-order valence-electron chi connectivity index (χ4n) is 3.35. The molecule has 0 radical (unpaired) electrons. The minimum absolute atomic E-state index is 0.0349. The molecule has 0 unspecified atom stereocenters. The van der Waals surface area contributed by atoms with Gasteiger partial charge in [0.25, 0.3) is 5.91 Å². The Balaban J connectivity index is 1.46. The first-order valence-corrected chi connectivity index (χ1v) is 9.41. The van der Waals surface area contributed by atoms with E-state index in [0.29, 0.717) is 29.5 Å². The van der Waals surface area contributed by atoms with Crippen LogP contribution in [0, 0.1) is 0 Å². The van der Waals surface area contributed by atoms with Gasteiger partial charge in [0.1, 0.15) is 12.4 Å². The summed E-state index contributed by atoms with van der Waals surface area (Å²) in [5.74, 6) is 0.700. The molecule has 0 aliphatic carbocycles. The van der Waals surface area contributed by atoms with E-state index in [4.69, 9.17) is 16.3 Å². The number of carbonyl (C=O) groups is 1. The maximum atomic E-state index is 12.9. The topological polar surface area (TPSA) is 29.5 Å². The Morgan fingerprint density at radius 1 is 0.963 bits per heavy atom. The van der Waals surface area contributed by atoms with E-state index < -0.39 is 0 Å². The molecule has 0 atom stereocenters. The lowest BCUT2D eigenvalue weighted by Crippen LogP contribution is -2.35. The van der Waals surface area contributed by atoms with Crippen molar-refractivity contribution >= 4 is 17.5 Å². The second kappa shape index (κ2) is 7.85. The summed E-state index contributed by atoms with van der Waals surface area (Å²) in [5, 5.41) is 0.678. The summed E-state index contributed by atoms with van der Waals surface area (Å²) in [6.07, 6.45) is 0.893. The van der Waals surface area contributed by atoms with Crippen molar-refractivity contribution in [1.29, 1.82) is 0 Å². The smallest absolute Gasteiger partial charge is 0.254 e. The molecule has 0 N–H and O–H groups in total. The lowest BCUT2D eigenvalue weighted by atomic mass is 9.99. The van der Waals surface area contributed by atoms with Gasteiger partial charge in [-0.25, -0.2) is 0 Å². The lowest BCUT2D eigenvalue weighted by Gasteiger charge is -2.29. The van der Waals surface area contributed by atoms with E-state index in [1.54, 1.807) is 6.07 Å². The van der Waals surface area contributed by atoms with E-state index in [1.807, 2.05) is 53.4 Å². The van der Waals surface area contributed by atoms with Crippen LogP contribution in [0.2, 0.25) is 5.02 Å². The van der Waals surface area contributed by atoms with Crippen LogP contribution in [0.15, 0.2) is 72.8 Å². The Bertz CT molecular complexity index is 970. The molecular formula is C23H20ClNO2. The van der Waals surface area contributed by atoms with Gasteiger partial charge in [-0.2, -0.15) is 0 Å². The molecule has 27 heavy (non-hydrogen) atoms. The van der Waals surface area contributed by atoms with Crippen LogP contribution in [-0.4, -0.2) is 17.4 Å². The fraction of sp³-hybridized carbons (Fsp3) is 0.174. The molecule has 0 saturated carbocycles. The number of halogens is 1. The number of carbonyl (C=O) groups excluding carboxylic acids is 1. The van der Waals surface area contributed by atoms with Gasteiger partial charge < -0.3 is 9.64 Å². The van der Waals surface area contributed by atoms with Crippen LogP contribution in [0.1, 0.15) is 27.0 Å². The summed E-state index contributed by atoms with van der Waals surface area (Å²) >= 11 is 6.17. The molecule has 4 heteroatoms. The molecular weight excluding hydrogens is 358 g/mol. The maximum Gasteiger partial charge on any atom is 0.254 e. The summed E-state index contributed by atoms with van der Waals surface area (Å²) in [4.78, 5) is 14.8. The number of benzene rings is 3. The minimum Gasteiger partial charge on any atom is -0.489 e. The summed E-state index contributed by atoms with van der Waals surface area (Å²) in [5.41, 5.74) is 4.12. The molecule has 1 heterocycles. The summed E-state index contributed by atoms with van der Waals surface area (Å²) in [7, 11) is 0. The van der Waals surface area contributed by atoms with Crippen molar-refractivity contribution in [2.75, 3.05) is 6.54 Å². The van der Waals surface area contributed by atoms with Crippen LogP contribution in [0.4, 0.5) is 0 Å². The molecule has 0 bridgehead atoms. The number of fused-ring (bicyclic) bond motifs is 1. The summed E-state index contributed by atoms with van der Waals surface area (Å²) in [6.45, 7) is 1.76. The normalized spacial score (nSPS) is 13.1. The van der Waals surface area contributed by atoms with Gasteiger partial charge in [-0.05, 0) is 41.8 Å². The Morgan fingerprint density at radius 2 is 1.74 bits per heavy atom. The number of nitrogens with zero attached hydrogens (tertiary/aromatic N) is 1. The Labute approximate surface area is 164 Å². The van der Waals surface area contributed by atoms with Gasteiger partial charge in [0.15, 0.2) is 0 Å². The summed E-state index contributed by atoms with van der Waals surface area (Å²) < 4.78 is 5.85. The average Bonchev–Trinajstić information content (AvgIpc) is 2.72. The van der Waals surface area contributed by atoms with Crippen LogP contribution >= 0.6 is 11.6 Å². The van der Waals surface area contributed by atoms with Crippen LogP contribution in [0.25, 0.3) is 0 Å². The van der Waals surface area contributed by atoms with Crippen LogP contribution < -0.4 is 4.74 Å². The zero-order valence-corrected chi connectivity index (χ0v) is 15.7. The largest absolute Gasteiger partial charge is 0.489 e. The molecule has 1 aliphatic rings. The zero-order valence-electron chi connectivity index (χ0n) is 14.9. The molecule has 0 saturated heterocycles. The molecule has 4 rings (SSSR count). The van der Waals surface area contributed by atoms with Gasteiger partial charge >= 0.3 is 0 Å². The van der Waals surface area contributed by atoms with E-state index in [1.165, 1.54) is 11.1 Å². The van der Waals surface area contributed by atoms with Crippen molar-refractivity contribution in [1.82, 2.24) is 4.90 Å². The third-order valence-electron chi connectivity index (χ3n) is 4.85. The highest BCUT2D eigenvalue weighted by Gasteiger charge is 2.21. The zero-order chi connectivity index (χ0) is 18.6. The van der Waals surface area contributed by atoms with Crippen LogP contribution in [0.3, 0.4) is 0 Å². The van der Waals surface area contributed by atoms with Crippen molar-refractivity contribution in [3.05, 3.63) is 100 Å². The lowest BCUT2D eigenvalue weighted by molar-refractivity contribution is 0.0734. The third-order valence-corrected chi connectivity index (χ3v) is 5.22. The highest BCUT2D eigenvalue weighted by molar-refractivity contribution is 6.31. The molecule has 1 amide bonds. The number of amides is 1. The Kier molecular flexibility index (Phi) is 5.12. The molecule has 1 aliphatic heterocycles. The van der Waals surface area contributed by atoms with Gasteiger partial charge in [0.2, 0.25) is 0 Å². The van der Waals surface area contributed by atoms with Crippen LogP contribution in [-0.2, 0) is 19.6 Å². The van der Waals surface area contributed by atoms with Gasteiger partial charge in [0, 0.05) is 29.2 Å². The number of hydrogen-bond donors (Lipinski definition) is 0. The Hall–Kier alpha value is -2.78. The van der Waals surface area contributed by atoms with Crippen molar-refractivity contribution < 1.29 is 9.53 Å². The van der Waals surface area contributed by atoms with Gasteiger partial charge in [0.05, 0.1) is 0 Å². The van der Waals surface area contributed by atoms with Crippen molar-refractivity contribution in [2.45, 2.75) is 19.6 Å². The highest BCUT2D eigenvalue weighted by Crippen LogP contribution is 2.23. The first kappa shape index (κ1) is 17.6. The third kappa shape index (κ3) is 3.99. The van der Waals surface area contributed by atoms with Crippen molar-refractivity contribution in [3.63, 3.8) is 0 Å². The summed E-state index contributed by atoms with van der Waals surface area (Å²) in [6, 6.07) is 23.3. The van der Waals surface area contributed by atoms with Crippen molar-refractivity contribution in [3.8, 4) is 5.75 Å². The fourth-order valence-corrected chi connectivity index (χ4v) is 3.54. The monoisotopic (exact) mass is 377 g/mol. The SMILES string of the molecule is O=C(c1cccc(OCc2ccccc2Cl)c1)N1CCc2ccccc2C1. The highest BCUT2D eigenvalue weighted by atomic mass is 35.5. The van der Waals surface area contributed by atoms with E-state index in [9.17, 15) is 4.79 Å². The van der Waals surface area contributed by atoms with Gasteiger partial charge in [-0.3, -0.25) is 4.79 Å². The molecule has 3 aromatic rings. The second-order valence-corrected chi connectivity index (χ2v) is 7.06. The van der Waals surface area contributed by atoms with Crippen LogP contribution in [0.5, 0.6) is 5.75 Å². The molecule has 3 aromatic carbocycles. The molecule has 0 aromatic heterocycles. The average molecular weight is 378 g/mol. The van der Waals surface area contributed by atoms with E-state index in [0.717, 1.165) is 18.5 Å². The maximum absolute atomic E-state index is 12.9. The minimum atomic E-state index is 0.0349. The number of rotatable bonds is 4. The molecule has 136 valence electrons. The molecule has 0 fully saturated rings. The number of ether oxygens (including phenoxy) is 1.